The van der Waals surface area contributed by atoms with Gasteiger partial charge in [-0.15, -0.1) is 0 Å². The van der Waals surface area contributed by atoms with E-state index in [2.05, 4.69) is 6.07 Å². The lowest BCUT2D eigenvalue weighted by Crippen LogP contribution is -2.68. The van der Waals surface area contributed by atoms with Crippen molar-refractivity contribution in [2.24, 2.45) is 5.41 Å². The number of ketones is 1. The third-order valence-corrected chi connectivity index (χ3v) is 7.16. The minimum atomic E-state index is -0.723. The molecule has 2 saturated heterocycles. The van der Waals surface area contributed by atoms with Crippen LogP contribution in [0.25, 0.3) is 0 Å². The average molecular weight is 399 g/mol. The Morgan fingerprint density at radius 3 is 2.69 bits per heavy atom. The summed E-state index contributed by atoms with van der Waals surface area (Å²) in [7, 11) is 1.63. The largest absolute Gasteiger partial charge is 0.497 e. The van der Waals surface area contributed by atoms with E-state index in [0.29, 0.717) is 19.4 Å². The van der Waals surface area contributed by atoms with Gasteiger partial charge in [0.25, 0.3) is 5.91 Å². The van der Waals surface area contributed by atoms with E-state index in [4.69, 9.17) is 4.74 Å². The van der Waals surface area contributed by atoms with E-state index in [9.17, 15) is 14.4 Å². The molecule has 0 saturated carbocycles. The molecule has 2 bridgehead atoms. The summed E-state index contributed by atoms with van der Waals surface area (Å²) >= 11 is 0. The van der Waals surface area contributed by atoms with E-state index in [1.165, 1.54) is 5.56 Å². The maximum Gasteiger partial charge on any atom is 0.291 e. The number of hydrogen-bond acceptors (Lipinski definition) is 4. The van der Waals surface area contributed by atoms with Gasteiger partial charge in [-0.1, -0.05) is 26.8 Å². The summed E-state index contributed by atoms with van der Waals surface area (Å²) in [6.07, 6.45) is 3.71. The first-order valence-corrected chi connectivity index (χ1v) is 10.6. The SMILES string of the molecule is CCC(C)(C)C(=O)C(=O)N1C2CCCC1C1c3cc(OC)ccc3CCN1C2=O. The zero-order chi connectivity index (χ0) is 20.9. The molecule has 1 aromatic carbocycles. The molecule has 3 aliphatic rings. The van der Waals surface area contributed by atoms with Crippen LogP contribution in [-0.4, -0.2) is 53.1 Å². The lowest BCUT2D eigenvalue weighted by atomic mass is 9.77. The number of amides is 2. The zero-order valence-electron chi connectivity index (χ0n) is 17.7. The van der Waals surface area contributed by atoms with Gasteiger partial charge in [0.2, 0.25) is 11.7 Å². The van der Waals surface area contributed by atoms with Crippen LogP contribution >= 0.6 is 0 Å². The number of carbonyl (C=O) groups excluding carboxylic acids is 3. The molecule has 29 heavy (non-hydrogen) atoms. The molecule has 3 aliphatic heterocycles. The standard InChI is InChI=1S/C23H30N2O4/c1-5-23(2,3)20(26)22(28)25-17-7-6-8-18(25)21(27)24-12-11-14-9-10-15(29-4)13-16(14)19(17)24/h9-10,13,17-19H,5-8,11-12H2,1-4H3. The number of ether oxygens (including phenoxy) is 1. The first kappa shape index (κ1) is 19.9. The predicted octanol–water partition coefficient (Wildman–Crippen LogP) is 2.89. The molecular formula is C23H30N2O4. The number of methoxy groups -OCH3 is 1. The molecule has 3 unspecified atom stereocenters. The Morgan fingerprint density at radius 1 is 1.24 bits per heavy atom. The first-order chi connectivity index (χ1) is 13.8. The monoisotopic (exact) mass is 398 g/mol. The summed E-state index contributed by atoms with van der Waals surface area (Å²) in [5, 5.41) is 0. The molecule has 6 nitrogen and oxygen atoms in total. The molecule has 3 heterocycles. The number of rotatable bonds is 4. The van der Waals surface area contributed by atoms with Crippen LogP contribution in [0.3, 0.4) is 0 Å². The molecule has 6 heteroatoms. The van der Waals surface area contributed by atoms with E-state index >= 15 is 0 Å². The Hall–Kier alpha value is -2.37. The highest BCUT2D eigenvalue weighted by molar-refractivity contribution is 6.38. The fourth-order valence-electron chi connectivity index (χ4n) is 5.05. The molecule has 4 rings (SSSR count). The predicted molar refractivity (Wildman–Crippen MR) is 109 cm³/mol. The van der Waals surface area contributed by atoms with Crippen LogP contribution in [0.15, 0.2) is 18.2 Å². The van der Waals surface area contributed by atoms with Crippen LogP contribution < -0.4 is 4.74 Å². The van der Waals surface area contributed by atoms with Gasteiger partial charge in [0.1, 0.15) is 11.8 Å². The number of piperidine rings is 1. The van der Waals surface area contributed by atoms with Gasteiger partial charge in [0, 0.05) is 12.0 Å². The van der Waals surface area contributed by atoms with Crippen LogP contribution in [0, 0.1) is 5.41 Å². The number of nitrogens with zero attached hydrogens (tertiary/aromatic N) is 2. The third kappa shape index (κ3) is 3.04. The maximum atomic E-state index is 13.4. The Kier molecular flexibility index (Phi) is 4.91. The van der Waals surface area contributed by atoms with Gasteiger partial charge in [0.05, 0.1) is 19.2 Å². The zero-order valence-corrected chi connectivity index (χ0v) is 17.7. The maximum absolute atomic E-state index is 13.4. The van der Waals surface area contributed by atoms with E-state index in [-0.39, 0.29) is 23.8 Å². The molecule has 0 aromatic heterocycles. The first-order valence-electron chi connectivity index (χ1n) is 10.6. The van der Waals surface area contributed by atoms with Crippen molar-refractivity contribution in [2.75, 3.05) is 13.7 Å². The smallest absolute Gasteiger partial charge is 0.291 e. The van der Waals surface area contributed by atoms with E-state index in [1.807, 2.05) is 37.8 Å². The molecule has 0 radical (unpaired) electrons. The van der Waals surface area contributed by atoms with Crippen molar-refractivity contribution in [3.05, 3.63) is 29.3 Å². The van der Waals surface area contributed by atoms with Gasteiger partial charge in [-0.2, -0.15) is 0 Å². The van der Waals surface area contributed by atoms with Crippen LogP contribution in [0.1, 0.15) is 63.6 Å². The molecule has 0 spiro atoms. The quantitative estimate of drug-likeness (QED) is 0.732. The van der Waals surface area contributed by atoms with Gasteiger partial charge >= 0.3 is 0 Å². The topological polar surface area (TPSA) is 66.9 Å². The van der Waals surface area contributed by atoms with Gasteiger partial charge in [-0.05, 0) is 55.4 Å². The molecule has 0 aliphatic carbocycles. The van der Waals surface area contributed by atoms with Crippen molar-refractivity contribution in [1.29, 1.82) is 0 Å². The minimum Gasteiger partial charge on any atom is -0.497 e. The van der Waals surface area contributed by atoms with Crippen LogP contribution in [0.5, 0.6) is 5.75 Å². The summed E-state index contributed by atoms with van der Waals surface area (Å²) in [5.41, 5.74) is 1.52. The second-order valence-corrected chi connectivity index (χ2v) is 9.08. The van der Waals surface area contributed by atoms with Crippen molar-refractivity contribution in [3.8, 4) is 5.75 Å². The van der Waals surface area contributed by atoms with Crippen molar-refractivity contribution in [3.63, 3.8) is 0 Å². The van der Waals surface area contributed by atoms with Gasteiger partial charge < -0.3 is 14.5 Å². The Balaban J connectivity index is 1.77. The number of carbonyl (C=O) groups is 3. The van der Waals surface area contributed by atoms with Crippen molar-refractivity contribution in [1.82, 2.24) is 9.80 Å². The van der Waals surface area contributed by atoms with E-state index in [1.54, 1.807) is 12.0 Å². The third-order valence-electron chi connectivity index (χ3n) is 7.16. The van der Waals surface area contributed by atoms with E-state index in [0.717, 1.165) is 30.6 Å². The number of benzene rings is 1. The van der Waals surface area contributed by atoms with Crippen molar-refractivity contribution >= 4 is 17.6 Å². The highest BCUT2D eigenvalue weighted by atomic mass is 16.5. The summed E-state index contributed by atoms with van der Waals surface area (Å²) in [4.78, 5) is 43.3. The van der Waals surface area contributed by atoms with Crippen molar-refractivity contribution < 1.29 is 19.1 Å². The number of hydrogen-bond donors (Lipinski definition) is 0. The average Bonchev–Trinajstić information content (AvgIpc) is 2.74. The van der Waals surface area contributed by atoms with Gasteiger partial charge in [0.15, 0.2) is 0 Å². The van der Waals surface area contributed by atoms with Crippen LogP contribution in [0.4, 0.5) is 0 Å². The highest BCUT2D eigenvalue weighted by Crippen LogP contribution is 2.45. The summed E-state index contributed by atoms with van der Waals surface area (Å²) in [5.74, 6) is -0.152. The Labute approximate surface area is 172 Å². The number of fused-ring (bicyclic) bond motifs is 6. The lowest BCUT2D eigenvalue weighted by molar-refractivity contribution is -0.170. The van der Waals surface area contributed by atoms with Crippen LogP contribution in [0.2, 0.25) is 0 Å². The second kappa shape index (κ2) is 7.15. The fraction of sp³-hybridized carbons (Fsp3) is 0.609. The minimum absolute atomic E-state index is 0.0186. The number of Topliss-reactive ketones (excluding diaryl/α,β-unsaturated/α-hetero) is 1. The molecular weight excluding hydrogens is 368 g/mol. The molecule has 1 aromatic rings. The molecule has 0 N–H and O–H groups in total. The van der Waals surface area contributed by atoms with Gasteiger partial charge in [-0.25, -0.2) is 0 Å². The molecule has 156 valence electrons. The Bertz CT molecular complexity index is 862. The molecule has 3 atom stereocenters. The van der Waals surface area contributed by atoms with Crippen LogP contribution in [-0.2, 0) is 20.8 Å². The van der Waals surface area contributed by atoms with Gasteiger partial charge in [-0.3, -0.25) is 14.4 Å². The normalized spacial score (nSPS) is 25.9. The lowest BCUT2D eigenvalue weighted by Gasteiger charge is -2.55. The summed E-state index contributed by atoms with van der Waals surface area (Å²) in [6.45, 7) is 6.19. The summed E-state index contributed by atoms with van der Waals surface area (Å²) < 4.78 is 5.42. The number of piperazine rings is 1. The highest BCUT2D eigenvalue weighted by Gasteiger charge is 2.54. The second-order valence-electron chi connectivity index (χ2n) is 9.08. The van der Waals surface area contributed by atoms with Crippen molar-refractivity contribution in [2.45, 2.75) is 71.0 Å². The fourth-order valence-corrected chi connectivity index (χ4v) is 5.05. The molecule has 2 fully saturated rings. The Morgan fingerprint density at radius 2 is 2.00 bits per heavy atom. The summed E-state index contributed by atoms with van der Waals surface area (Å²) in [6, 6.07) is 5.11. The molecule has 2 amide bonds. The van der Waals surface area contributed by atoms with E-state index < -0.39 is 17.4 Å².